The molecule has 0 aliphatic heterocycles. The fourth-order valence-electron chi connectivity index (χ4n) is 3.18. The monoisotopic (exact) mass is 397 g/mol. The van der Waals surface area contributed by atoms with Crippen molar-refractivity contribution < 1.29 is 14.2 Å². The van der Waals surface area contributed by atoms with E-state index in [1.165, 1.54) is 0 Å². The molecule has 1 saturated carbocycles. The third kappa shape index (κ3) is 4.43. The summed E-state index contributed by atoms with van der Waals surface area (Å²) in [4.78, 5) is 33.0. The number of nitrogens with one attached hydrogen (secondary N) is 3. The highest BCUT2D eigenvalue weighted by Crippen LogP contribution is 2.40. The average Bonchev–Trinajstić information content (AvgIpc) is 3.31. The Morgan fingerprint density at radius 1 is 1.38 bits per heavy atom. The molecule has 3 N–H and O–H groups in total. The molecule has 0 bridgehead atoms. The number of H-pyrrole nitrogens is 1. The Hall–Kier alpha value is -3.27. The molecule has 10 nitrogen and oxygen atoms in total. The first-order valence-corrected chi connectivity index (χ1v) is 9.60. The Balaban J connectivity index is 1.40. The largest absolute Gasteiger partial charge is 0.343 e. The summed E-state index contributed by atoms with van der Waals surface area (Å²) in [6, 6.07) is 5.82. The average molecular weight is 397 g/mol. The second kappa shape index (κ2) is 8.39. The summed E-state index contributed by atoms with van der Waals surface area (Å²) in [5.74, 6) is 0.600. The number of rotatable bonds is 10. The molecule has 1 aliphatic rings. The van der Waals surface area contributed by atoms with E-state index in [0.717, 1.165) is 42.4 Å². The number of hydrogen-bond acceptors (Lipinski definition) is 7. The molecule has 0 radical (unpaired) electrons. The summed E-state index contributed by atoms with van der Waals surface area (Å²) in [5, 5.41) is 13.4. The number of fused-ring (bicyclic) bond motifs is 1. The van der Waals surface area contributed by atoms with E-state index in [9.17, 15) is 9.59 Å². The molecule has 0 atom stereocenters. The SMILES string of the molecule is CNCCN(C=O)Cc1ccc2nc(CNC(=O)c3nonc3C3CC3)[nH]c2c1. The van der Waals surface area contributed by atoms with Gasteiger partial charge in [0.15, 0.2) is 5.69 Å². The van der Waals surface area contributed by atoms with Gasteiger partial charge in [0.25, 0.3) is 5.91 Å². The van der Waals surface area contributed by atoms with E-state index in [1.807, 2.05) is 25.2 Å². The zero-order chi connectivity index (χ0) is 20.2. The van der Waals surface area contributed by atoms with Crippen LogP contribution in [0.3, 0.4) is 0 Å². The molecule has 2 amide bonds. The standard InChI is InChI=1S/C19H23N7O3/c1-20-6-7-26(11-27)10-12-2-5-14-15(8-12)23-16(22-14)9-21-19(28)18-17(13-3-4-13)24-29-25-18/h2,5,8,11,13,20H,3-4,6-7,9-10H2,1H3,(H,21,28)(H,22,23). The summed E-state index contributed by atoms with van der Waals surface area (Å²) in [5.41, 5.74) is 3.54. The number of nitrogens with zero attached hydrogens (tertiary/aromatic N) is 4. The molecular formula is C19H23N7O3. The van der Waals surface area contributed by atoms with Crippen LogP contribution in [0, 0.1) is 0 Å². The van der Waals surface area contributed by atoms with Gasteiger partial charge in [-0.25, -0.2) is 9.61 Å². The van der Waals surface area contributed by atoms with Gasteiger partial charge in [-0.15, -0.1) is 0 Å². The molecule has 0 spiro atoms. The van der Waals surface area contributed by atoms with Crippen LogP contribution in [0.5, 0.6) is 0 Å². The number of carbonyl (C=O) groups is 2. The Kier molecular flexibility index (Phi) is 5.52. The lowest BCUT2D eigenvalue weighted by Crippen LogP contribution is -2.29. The summed E-state index contributed by atoms with van der Waals surface area (Å²) in [7, 11) is 1.85. The van der Waals surface area contributed by atoms with Gasteiger partial charge >= 0.3 is 0 Å². The first-order valence-electron chi connectivity index (χ1n) is 9.60. The Morgan fingerprint density at radius 2 is 2.24 bits per heavy atom. The minimum atomic E-state index is -0.319. The molecule has 10 heteroatoms. The first-order chi connectivity index (χ1) is 14.2. The van der Waals surface area contributed by atoms with Crippen LogP contribution in [-0.4, -0.2) is 57.6 Å². The minimum absolute atomic E-state index is 0.239. The highest BCUT2D eigenvalue weighted by atomic mass is 16.6. The number of hydrogen-bond donors (Lipinski definition) is 3. The van der Waals surface area contributed by atoms with Crippen molar-refractivity contribution in [3.8, 4) is 0 Å². The number of aromatic nitrogens is 4. The van der Waals surface area contributed by atoms with Gasteiger partial charge in [0, 0.05) is 25.6 Å². The van der Waals surface area contributed by atoms with Gasteiger partial charge in [-0.05, 0) is 42.7 Å². The maximum atomic E-state index is 12.4. The Bertz CT molecular complexity index is 1010. The number of aromatic amines is 1. The van der Waals surface area contributed by atoms with Gasteiger partial charge in [0.1, 0.15) is 11.5 Å². The molecule has 152 valence electrons. The van der Waals surface area contributed by atoms with Gasteiger partial charge in [-0.3, -0.25) is 9.59 Å². The molecule has 4 rings (SSSR count). The molecule has 2 heterocycles. The van der Waals surface area contributed by atoms with Crippen molar-refractivity contribution in [3.05, 3.63) is 41.0 Å². The van der Waals surface area contributed by atoms with Gasteiger partial charge < -0.3 is 20.5 Å². The summed E-state index contributed by atoms with van der Waals surface area (Å²) in [6.45, 7) is 2.13. The van der Waals surface area contributed by atoms with E-state index in [0.29, 0.717) is 24.6 Å². The van der Waals surface area contributed by atoms with Crippen molar-refractivity contribution in [3.63, 3.8) is 0 Å². The number of amides is 2. The second-order valence-corrected chi connectivity index (χ2v) is 7.17. The van der Waals surface area contributed by atoms with E-state index in [4.69, 9.17) is 4.63 Å². The predicted molar refractivity (Wildman–Crippen MR) is 104 cm³/mol. The Morgan fingerprint density at radius 3 is 3.00 bits per heavy atom. The third-order valence-electron chi connectivity index (χ3n) is 4.89. The van der Waals surface area contributed by atoms with Crippen LogP contribution in [0.2, 0.25) is 0 Å². The van der Waals surface area contributed by atoms with E-state index in [-0.39, 0.29) is 24.1 Å². The number of carbonyl (C=O) groups excluding carboxylic acids is 2. The second-order valence-electron chi connectivity index (χ2n) is 7.17. The molecule has 2 aromatic heterocycles. The van der Waals surface area contributed by atoms with E-state index >= 15 is 0 Å². The van der Waals surface area contributed by atoms with Crippen molar-refractivity contribution in [2.24, 2.45) is 0 Å². The van der Waals surface area contributed by atoms with Crippen molar-refractivity contribution >= 4 is 23.4 Å². The molecule has 0 unspecified atom stereocenters. The van der Waals surface area contributed by atoms with Crippen LogP contribution >= 0.6 is 0 Å². The molecule has 29 heavy (non-hydrogen) atoms. The van der Waals surface area contributed by atoms with Crippen molar-refractivity contribution in [2.45, 2.75) is 31.8 Å². The smallest absolute Gasteiger partial charge is 0.275 e. The van der Waals surface area contributed by atoms with Crippen LogP contribution in [0.4, 0.5) is 0 Å². The fraction of sp³-hybridized carbons (Fsp3) is 0.421. The number of likely N-dealkylation sites (N-methyl/N-ethyl adjacent to an activating group) is 1. The normalized spacial score (nSPS) is 13.6. The van der Waals surface area contributed by atoms with Gasteiger partial charge in [-0.2, -0.15) is 0 Å². The predicted octanol–water partition coefficient (Wildman–Crippen LogP) is 0.931. The fourth-order valence-corrected chi connectivity index (χ4v) is 3.18. The van der Waals surface area contributed by atoms with E-state index in [2.05, 4.69) is 30.9 Å². The lowest BCUT2D eigenvalue weighted by atomic mass is 10.2. The molecule has 0 saturated heterocycles. The minimum Gasteiger partial charge on any atom is -0.343 e. The maximum Gasteiger partial charge on any atom is 0.275 e. The molecular weight excluding hydrogens is 374 g/mol. The van der Waals surface area contributed by atoms with Crippen molar-refractivity contribution in [2.75, 3.05) is 20.1 Å². The maximum absolute atomic E-state index is 12.4. The summed E-state index contributed by atoms with van der Waals surface area (Å²) in [6.07, 6.45) is 2.87. The topological polar surface area (TPSA) is 129 Å². The molecule has 1 aliphatic carbocycles. The molecule has 1 fully saturated rings. The first kappa shape index (κ1) is 19.1. The van der Waals surface area contributed by atoms with Crippen molar-refractivity contribution in [1.82, 2.24) is 35.8 Å². The zero-order valence-corrected chi connectivity index (χ0v) is 16.1. The molecule has 1 aromatic carbocycles. The summed E-state index contributed by atoms with van der Waals surface area (Å²) >= 11 is 0. The van der Waals surface area contributed by atoms with Crippen molar-refractivity contribution in [1.29, 1.82) is 0 Å². The van der Waals surface area contributed by atoms with Crippen LogP contribution in [0.15, 0.2) is 22.8 Å². The van der Waals surface area contributed by atoms with Gasteiger partial charge in [0.05, 0.1) is 17.6 Å². The highest BCUT2D eigenvalue weighted by molar-refractivity contribution is 5.93. The quantitative estimate of drug-likeness (QED) is 0.434. The van der Waals surface area contributed by atoms with Crippen LogP contribution in [0.25, 0.3) is 11.0 Å². The summed E-state index contributed by atoms with van der Waals surface area (Å²) < 4.78 is 4.73. The zero-order valence-electron chi connectivity index (χ0n) is 16.1. The Labute approximate surface area is 167 Å². The van der Waals surface area contributed by atoms with Crippen LogP contribution < -0.4 is 10.6 Å². The highest BCUT2D eigenvalue weighted by Gasteiger charge is 2.33. The van der Waals surface area contributed by atoms with Crippen LogP contribution in [-0.2, 0) is 17.9 Å². The molecule has 3 aromatic rings. The third-order valence-corrected chi connectivity index (χ3v) is 4.89. The number of benzene rings is 1. The van der Waals surface area contributed by atoms with Gasteiger partial charge in [-0.1, -0.05) is 11.2 Å². The van der Waals surface area contributed by atoms with E-state index in [1.54, 1.807) is 4.90 Å². The van der Waals surface area contributed by atoms with Gasteiger partial charge in [0.2, 0.25) is 6.41 Å². The van der Waals surface area contributed by atoms with E-state index < -0.39 is 0 Å². The van der Waals surface area contributed by atoms with Crippen LogP contribution in [0.1, 0.15) is 46.3 Å². The lowest BCUT2D eigenvalue weighted by Gasteiger charge is -2.16. The number of imidazole rings is 1. The lowest BCUT2D eigenvalue weighted by molar-refractivity contribution is -0.118.